The predicted octanol–water partition coefficient (Wildman–Crippen LogP) is 2.36. The van der Waals surface area contributed by atoms with Gasteiger partial charge in [0.15, 0.2) is 37.7 Å². The SMILES string of the molecule is CO[C@H]1[C@@H](O)[C@H](O[C@@H]2[C@@H](C)O[C@@H](O[C@H]3[C@@H](OC)C[C@H](O[C@H]4[C@@H](OC)C[C@H](O[C@H]5CC[C@@]6(C)C(=CC[C@]7(O)[C@@H]6C[C@@H](OC(=O)C=Cc6ccccc6)[C@@]6(C)[C@]7(O)CC[C@@]6(O)[C@H](C)O)C5)O[C@@H]4C)O[C@@H]3C)C[C@H]2OC)O[C@H](C)[C@H]1O[C@H]1C[C@H](OC)[C@H](O[C@@H]2O[C@H](CO)[C@@H](O)[C@H](O)[C@H]2O)[C@@H](C)O1. The second kappa shape index (κ2) is 31.3. The van der Waals surface area contributed by atoms with E-state index in [-0.39, 0.29) is 44.6 Å². The molecule has 10 aliphatic rings. The van der Waals surface area contributed by atoms with Gasteiger partial charge < -0.3 is 131 Å². The molecule has 0 amide bonds. The molecule has 1 aromatic carbocycles. The van der Waals surface area contributed by atoms with Crippen molar-refractivity contribution in [1.82, 2.24) is 0 Å². The maximum atomic E-state index is 13.7. The number of hydrogen-bond donors (Lipinski definition) is 9. The third-order valence-corrected chi connectivity index (χ3v) is 24.2. The van der Waals surface area contributed by atoms with Crippen molar-refractivity contribution in [2.75, 3.05) is 42.2 Å². The van der Waals surface area contributed by atoms with Crippen molar-refractivity contribution in [2.45, 2.75) is 321 Å². The number of rotatable bonds is 22. The molecule has 9 N–H and O–H groups in total. The molecule has 6 saturated heterocycles. The lowest BCUT2D eigenvalue weighted by Gasteiger charge is -2.67. The molecule has 11 rings (SSSR count). The summed E-state index contributed by atoms with van der Waals surface area (Å²) in [6.45, 7) is 13.7. The largest absolute Gasteiger partial charge is 0.458 e. The summed E-state index contributed by atoms with van der Waals surface area (Å²) in [5.41, 5.74) is -5.98. The zero-order valence-corrected chi connectivity index (χ0v) is 59.2. The number of benzene rings is 1. The summed E-state index contributed by atoms with van der Waals surface area (Å²) in [6, 6.07) is 9.31. The standard InChI is InChI=1S/C71H110O28/c1-34-59(43(82-9)28-51(87-34)92-42-22-23-67(7)41(27-42)21-24-70(80)48(67)32-49(94-50(74)20-19-40-17-15-14-16-18-40)68(8)69(79,39(6)73)25-26-71(68,70)81)95-52-29-44(83-10)60(35(2)88-52)96-53-30-45(84-11)62(37(4)89-53)99-66-58(78)64(86-13)63(38(5)91-66)97-54-31-46(85-12)61(36(3)90-54)98-65-57(77)56(76)55(75)47(33-72)93-65/h14-21,34-39,42-49,51-66,72-73,75-81H,22-33H2,1-13H3/t34-,35-,36-,37-,38-,39+,42+,43+,44+,45-,46+,47-,48-,49-,51+,52+,53+,54+,55-,56+,57-,58-,59-,60-,61-,62-,63-,64+,65+,66+,67+,68-,69-,70+,71-/m1/s1. The van der Waals surface area contributed by atoms with Gasteiger partial charge >= 0.3 is 5.97 Å². The summed E-state index contributed by atoms with van der Waals surface area (Å²) in [4.78, 5) is 13.7. The molecule has 6 heterocycles. The molecule has 6 aliphatic heterocycles. The summed E-state index contributed by atoms with van der Waals surface area (Å²) < 4.78 is 113. The lowest BCUT2D eigenvalue weighted by molar-refractivity contribution is -0.372. The smallest absolute Gasteiger partial charge is 0.331 e. The Morgan fingerprint density at radius 1 is 0.576 bits per heavy atom. The van der Waals surface area contributed by atoms with E-state index in [1.165, 1.54) is 27.2 Å². The number of aliphatic hydroxyl groups is 9. The summed E-state index contributed by atoms with van der Waals surface area (Å²) >= 11 is 0. The van der Waals surface area contributed by atoms with Gasteiger partial charge in [-0.05, 0) is 104 Å². The highest BCUT2D eigenvalue weighted by atomic mass is 16.8. The predicted molar refractivity (Wildman–Crippen MR) is 345 cm³/mol. The van der Waals surface area contributed by atoms with Gasteiger partial charge in [0.2, 0.25) is 0 Å². The van der Waals surface area contributed by atoms with E-state index in [0.29, 0.717) is 32.1 Å². The molecule has 35 atom stereocenters. The van der Waals surface area contributed by atoms with Crippen LogP contribution in [0, 0.1) is 16.7 Å². The molecule has 0 aromatic heterocycles. The van der Waals surface area contributed by atoms with Crippen LogP contribution in [-0.2, 0) is 90.1 Å². The molecule has 562 valence electrons. The van der Waals surface area contributed by atoms with Crippen LogP contribution in [0.2, 0.25) is 0 Å². The normalized spacial score (nSPS) is 49.8. The molecule has 28 heteroatoms. The Kier molecular flexibility index (Phi) is 24.4. The lowest BCUT2D eigenvalue weighted by Crippen LogP contribution is -2.78. The molecular weight excluding hydrogens is 1300 g/mol. The van der Waals surface area contributed by atoms with E-state index in [1.54, 1.807) is 48.2 Å². The third kappa shape index (κ3) is 14.6. The van der Waals surface area contributed by atoms with E-state index >= 15 is 0 Å². The Labute approximate surface area is 579 Å². The molecule has 0 spiro atoms. The number of esters is 1. The lowest BCUT2D eigenvalue weighted by atomic mass is 9.42. The highest BCUT2D eigenvalue weighted by Crippen LogP contribution is 2.71. The van der Waals surface area contributed by atoms with Crippen molar-refractivity contribution >= 4 is 12.0 Å². The zero-order chi connectivity index (χ0) is 71.4. The van der Waals surface area contributed by atoms with E-state index in [1.807, 2.05) is 57.2 Å². The van der Waals surface area contributed by atoms with E-state index in [2.05, 4.69) is 6.92 Å². The van der Waals surface area contributed by atoms with Crippen LogP contribution in [0.25, 0.3) is 6.08 Å². The maximum absolute atomic E-state index is 13.7. The minimum Gasteiger partial charge on any atom is -0.458 e. The van der Waals surface area contributed by atoms with Gasteiger partial charge in [0.25, 0.3) is 0 Å². The zero-order valence-electron chi connectivity index (χ0n) is 59.2. The van der Waals surface area contributed by atoms with Gasteiger partial charge in [0, 0.05) is 73.2 Å². The molecule has 0 bridgehead atoms. The monoisotopic (exact) mass is 1410 g/mol. The Balaban J connectivity index is 0.660. The second-order valence-electron chi connectivity index (χ2n) is 29.6. The first-order chi connectivity index (χ1) is 47.0. The van der Waals surface area contributed by atoms with Gasteiger partial charge in [0.05, 0.1) is 79.2 Å². The number of fused-ring (bicyclic) bond motifs is 5. The van der Waals surface area contributed by atoms with Crippen molar-refractivity contribution in [3.8, 4) is 0 Å². The minimum absolute atomic E-state index is 0.00682. The van der Waals surface area contributed by atoms with Gasteiger partial charge in [0.1, 0.15) is 90.1 Å². The number of hydrogen-bond acceptors (Lipinski definition) is 28. The van der Waals surface area contributed by atoms with Crippen molar-refractivity contribution in [3.63, 3.8) is 0 Å². The number of ether oxygens (including phenoxy) is 18. The van der Waals surface area contributed by atoms with Crippen LogP contribution in [0.5, 0.6) is 0 Å². The molecule has 1 aromatic rings. The van der Waals surface area contributed by atoms with Crippen molar-refractivity contribution in [3.05, 3.63) is 53.6 Å². The average molecular weight is 1410 g/mol. The first kappa shape index (κ1) is 77.2. The average Bonchev–Trinajstić information content (AvgIpc) is 1.58. The van der Waals surface area contributed by atoms with Crippen LogP contribution in [0.1, 0.15) is 132 Å². The number of carbonyl (C=O) groups is 1. The van der Waals surface area contributed by atoms with Crippen LogP contribution in [0.4, 0.5) is 0 Å². The quantitative estimate of drug-likeness (QED) is 0.0457. The fourth-order valence-electron chi connectivity index (χ4n) is 18.4. The van der Waals surface area contributed by atoms with E-state index in [0.717, 1.165) is 11.1 Å². The van der Waals surface area contributed by atoms with E-state index in [9.17, 15) is 50.8 Å². The molecule has 28 nitrogen and oxygen atoms in total. The fourth-order valence-corrected chi connectivity index (χ4v) is 18.4. The van der Waals surface area contributed by atoms with Gasteiger partial charge in [-0.25, -0.2) is 4.79 Å². The topological polar surface area (TPSA) is 365 Å². The Bertz CT molecular complexity index is 2870. The van der Waals surface area contributed by atoms with Crippen molar-refractivity contribution < 1.29 is 136 Å². The van der Waals surface area contributed by atoms with Crippen molar-refractivity contribution in [2.24, 2.45) is 16.7 Å². The Hall–Kier alpha value is -2.87. The molecular formula is C71H110O28. The summed E-state index contributed by atoms with van der Waals surface area (Å²) in [6.07, 6.45) is -17.7. The van der Waals surface area contributed by atoms with E-state index in [4.69, 9.17) is 85.3 Å². The molecule has 3 saturated carbocycles. The molecule has 0 unspecified atom stereocenters. The van der Waals surface area contributed by atoms with Crippen LogP contribution in [-0.4, -0.2) is 289 Å². The second-order valence-corrected chi connectivity index (χ2v) is 29.6. The molecule has 0 radical (unpaired) electrons. The van der Waals surface area contributed by atoms with Gasteiger partial charge in [-0.3, -0.25) is 0 Å². The first-order valence-electron chi connectivity index (χ1n) is 35.3. The van der Waals surface area contributed by atoms with Gasteiger partial charge in [-0.15, -0.1) is 0 Å². The minimum atomic E-state index is -1.94. The maximum Gasteiger partial charge on any atom is 0.331 e. The Morgan fingerprint density at radius 3 is 1.56 bits per heavy atom. The summed E-state index contributed by atoms with van der Waals surface area (Å²) in [7, 11) is 7.71. The van der Waals surface area contributed by atoms with Crippen molar-refractivity contribution in [1.29, 1.82) is 0 Å². The van der Waals surface area contributed by atoms with Gasteiger partial charge in [-0.2, -0.15) is 0 Å². The fraction of sp³-hybridized carbons (Fsp3) is 0.845. The molecule has 4 aliphatic carbocycles. The number of methoxy groups -OCH3 is 5. The van der Waals surface area contributed by atoms with Crippen LogP contribution in [0.3, 0.4) is 0 Å². The highest BCUT2D eigenvalue weighted by molar-refractivity contribution is 5.87. The van der Waals surface area contributed by atoms with Crippen LogP contribution < -0.4 is 0 Å². The van der Waals surface area contributed by atoms with E-state index < -0.39 is 218 Å². The number of aliphatic hydroxyl groups excluding tert-OH is 6. The molecule has 99 heavy (non-hydrogen) atoms. The highest BCUT2D eigenvalue weighted by Gasteiger charge is 2.81. The van der Waals surface area contributed by atoms with Gasteiger partial charge in [-0.1, -0.05) is 55.8 Å². The third-order valence-electron chi connectivity index (χ3n) is 24.2. The Morgan fingerprint density at radius 2 is 1.06 bits per heavy atom. The molecule has 9 fully saturated rings. The first-order valence-corrected chi connectivity index (χ1v) is 35.3. The van der Waals surface area contributed by atoms with Crippen LogP contribution >= 0.6 is 0 Å². The van der Waals surface area contributed by atoms with Crippen LogP contribution in [0.15, 0.2) is 48.1 Å². The summed E-state index contributed by atoms with van der Waals surface area (Å²) in [5, 5.41) is 103. The summed E-state index contributed by atoms with van der Waals surface area (Å²) in [5.74, 6) is -1.24. The number of carbonyl (C=O) groups excluding carboxylic acids is 1.